The first kappa shape index (κ1) is 11.0. The number of rotatable bonds is 1. The van der Waals surface area contributed by atoms with Crippen LogP contribution in [0, 0.1) is 22.7 Å². The molecule has 76 valence electrons. The van der Waals surface area contributed by atoms with E-state index in [0.29, 0.717) is 4.90 Å². The highest BCUT2D eigenvalue weighted by Crippen LogP contribution is 2.38. The van der Waals surface area contributed by atoms with Gasteiger partial charge in [0.05, 0.1) is 27.5 Å². The molecular weight excluding hydrogens is 210 g/mol. The van der Waals surface area contributed by atoms with Crippen LogP contribution in [0.4, 0.5) is 17.1 Å². The maximum atomic E-state index is 8.92. The van der Waals surface area contributed by atoms with E-state index in [9.17, 15) is 0 Å². The number of nitrogens with two attached hydrogens (primary N) is 3. The van der Waals surface area contributed by atoms with E-state index in [2.05, 4.69) is 0 Å². The van der Waals surface area contributed by atoms with Crippen molar-refractivity contribution in [3.05, 3.63) is 11.1 Å². The van der Waals surface area contributed by atoms with Gasteiger partial charge >= 0.3 is 0 Å². The second-order valence-electron chi connectivity index (χ2n) is 2.75. The van der Waals surface area contributed by atoms with Gasteiger partial charge in [-0.25, -0.2) is 0 Å². The monoisotopic (exact) mass is 219 g/mol. The number of thioether (sulfide) groups is 1. The molecule has 0 radical (unpaired) electrons. The number of nitriles is 2. The maximum Gasteiger partial charge on any atom is 0.104 e. The zero-order valence-electron chi connectivity index (χ0n) is 8.03. The van der Waals surface area contributed by atoms with Crippen LogP contribution in [0.2, 0.25) is 0 Å². The Bertz CT molecular complexity index is 491. The predicted molar refractivity (Wildman–Crippen MR) is 60.9 cm³/mol. The summed E-state index contributed by atoms with van der Waals surface area (Å²) in [6, 6.07) is 3.77. The van der Waals surface area contributed by atoms with Crippen molar-refractivity contribution in [1.82, 2.24) is 0 Å². The third kappa shape index (κ3) is 1.51. The lowest BCUT2D eigenvalue weighted by atomic mass is 10.0. The van der Waals surface area contributed by atoms with Crippen LogP contribution in [0.25, 0.3) is 0 Å². The van der Waals surface area contributed by atoms with Crippen molar-refractivity contribution >= 4 is 28.8 Å². The largest absolute Gasteiger partial charge is 0.396 e. The molecule has 0 heterocycles. The van der Waals surface area contributed by atoms with Crippen molar-refractivity contribution < 1.29 is 0 Å². The second kappa shape index (κ2) is 3.99. The molecule has 0 amide bonds. The van der Waals surface area contributed by atoms with E-state index in [-0.39, 0.29) is 28.2 Å². The van der Waals surface area contributed by atoms with E-state index in [1.165, 1.54) is 11.8 Å². The van der Waals surface area contributed by atoms with Gasteiger partial charge in [-0.15, -0.1) is 11.8 Å². The Morgan fingerprint density at radius 2 is 1.47 bits per heavy atom. The number of hydrogen-bond donors (Lipinski definition) is 3. The minimum atomic E-state index is 0.0712. The summed E-state index contributed by atoms with van der Waals surface area (Å²) in [5.41, 5.74) is 17.8. The molecule has 0 bridgehead atoms. The van der Waals surface area contributed by atoms with Gasteiger partial charge in [0.1, 0.15) is 17.7 Å². The SMILES string of the molecule is CSc1c(N)c(N)c(C#N)c(N)c1C#N. The molecule has 0 aliphatic rings. The van der Waals surface area contributed by atoms with E-state index >= 15 is 0 Å². The minimum Gasteiger partial charge on any atom is -0.396 e. The maximum absolute atomic E-state index is 8.92. The lowest BCUT2D eigenvalue weighted by molar-refractivity contribution is 1.36. The van der Waals surface area contributed by atoms with Gasteiger partial charge in [0, 0.05) is 0 Å². The average Bonchev–Trinajstić information content (AvgIpc) is 2.23. The summed E-state index contributed by atoms with van der Waals surface area (Å²) < 4.78 is 0. The molecule has 0 atom stereocenters. The molecule has 5 nitrogen and oxygen atoms in total. The van der Waals surface area contributed by atoms with E-state index in [4.69, 9.17) is 27.7 Å². The van der Waals surface area contributed by atoms with Gasteiger partial charge in [0.2, 0.25) is 0 Å². The Morgan fingerprint density at radius 1 is 0.933 bits per heavy atom. The van der Waals surface area contributed by atoms with Crippen LogP contribution in [0.1, 0.15) is 11.1 Å². The van der Waals surface area contributed by atoms with Crippen LogP contribution >= 0.6 is 11.8 Å². The van der Waals surface area contributed by atoms with Crippen molar-refractivity contribution in [3.8, 4) is 12.1 Å². The quantitative estimate of drug-likeness (QED) is 0.476. The Hall–Kier alpha value is -2.05. The van der Waals surface area contributed by atoms with E-state index in [1.807, 2.05) is 12.1 Å². The van der Waals surface area contributed by atoms with Gasteiger partial charge in [0.25, 0.3) is 0 Å². The van der Waals surface area contributed by atoms with E-state index in [1.54, 1.807) is 6.26 Å². The highest BCUT2D eigenvalue weighted by molar-refractivity contribution is 7.98. The molecular formula is C9H9N5S. The second-order valence-corrected chi connectivity index (χ2v) is 3.56. The highest BCUT2D eigenvalue weighted by atomic mass is 32.2. The number of benzene rings is 1. The summed E-state index contributed by atoms with van der Waals surface area (Å²) in [5.74, 6) is 0. The van der Waals surface area contributed by atoms with Crippen LogP contribution < -0.4 is 17.2 Å². The summed E-state index contributed by atoms with van der Waals surface area (Å²) in [4.78, 5) is 0.520. The summed E-state index contributed by atoms with van der Waals surface area (Å²) in [7, 11) is 0. The van der Waals surface area contributed by atoms with Crippen molar-refractivity contribution in [3.63, 3.8) is 0 Å². The van der Waals surface area contributed by atoms with Crippen molar-refractivity contribution in [2.75, 3.05) is 23.5 Å². The summed E-state index contributed by atoms with van der Waals surface area (Å²) >= 11 is 1.28. The van der Waals surface area contributed by atoms with Crippen LogP contribution in [0.5, 0.6) is 0 Å². The molecule has 6 N–H and O–H groups in total. The Morgan fingerprint density at radius 3 is 1.87 bits per heavy atom. The molecule has 0 saturated carbocycles. The molecule has 1 aromatic rings. The fraction of sp³-hybridized carbons (Fsp3) is 0.111. The molecule has 1 aromatic carbocycles. The fourth-order valence-corrected chi connectivity index (χ4v) is 1.92. The van der Waals surface area contributed by atoms with Crippen molar-refractivity contribution in [2.24, 2.45) is 0 Å². The van der Waals surface area contributed by atoms with Crippen molar-refractivity contribution in [1.29, 1.82) is 10.5 Å². The summed E-state index contributed by atoms with van der Waals surface area (Å²) in [6.45, 7) is 0. The Balaban J connectivity index is 3.77. The lowest BCUT2D eigenvalue weighted by Crippen LogP contribution is -2.06. The zero-order valence-corrected chi connectivity index (χ0v) is 8.85. The summed E-state index contributed by atoms with van der Waals surface area (Å²) in [6.07, 6.45) is 1.76. The minimum absolute atomic E-state index is 0.0712. The Kier molecular flexibility index (Phi) is 2.93. The predicted octanol–water partition coefficient (Wildman–Crippen LogP) is 0.898. The van der Waals surface area contributed by atoms with Crippen LogP contribution in [-0.2, 0) is 0 Å². The van der Waals surface area contributed by atoms with Crippen molar-refractivity contribution in [2.45, 2.75) is 4.90 Å². The third-order valence-electron chi connectivity index (χ3n) is 2.00. The lowest BCUT2D eigenvalue weighted by Gasteiger charge is -2.12. The van der Waals surface area contributed by atoms with Gasteiger partial charge < -0.3 is 17.2 Å². The number of nitrogens with zero attached hydrogens (tertiary/aromatic N) is 2. The number of anilines is 3. The number of nitrogen functional groups attached to an aromatic ring is 3. The smallest absolute Gasteiger partial charge is 0.104 e. The molecule has 0 fully saturated rings. The van der Waals surface area contributed by atoms with Crippen LogP contribution in [0.15, 0.2) is 4.90 Å². The molecule has 0 aromatic heterocycles. The highest BCUT2D eigenvalue weighted by Gasteiger charge is 2.18. The van der Waals surface area contributed by atoms with Gasteiger partial charge in [-0.2, -0.15) is 10.5 Å². The summed E-state index contributed by atoms with van der Waals surface area (Å²) in [5, 5.41) is 17.7. The van der Waals surface area contributed by atoms with Crippen LogP contribution in [0.3, 0.4) is 0 Å². The first-order valence-electron chi connectivity index (χ1n) is 3.93. The first-order valence-corrected chi connectivity index (χ1v) is 5.15. The van der Waals surface area contributed by atoms with Crippen LogP contribution in [-0.4, -0.2) is 6.26 Å². The molecule has 0 unspecified atom stereocenters. The molecule has 0 spiro atoms. The Labute approximate surface area is 91.5 Å². The zero-order chi connectivity index (χ0) is 11.6. The van der Waals surface area contributed by atoms with Gasteiger partial charge in [-0.1, -0.05) is 0 Å². The third-order valence-corrected chi connectivity index (χ3v) is 2.83. The molecule has 1 rings (SSSR count). The normalized spacial score (nSPS) is 9.27. The van der Waals surface area contributed by atoms with Gasteiger partial charge in [-0.3, -0.25) is 0 Å². The molecule has 0 aliphatic heterocycles. The topological polar surface area (TPSA) is 126 Å². The molecule has 15 heavy (non-hydrogen) atoms. The number of hydrogen-bond acceptors (Lipinski definition) is 6. The fourth-order valence-electron chi connectivity index (χ4n) is 1.23. The molecule has 0 aliphatic carbocycles. The molecule has 6 heteroatoms. The standard InChI is InChI=1S/C9H9N5S/c1-15-9-5(3-11)6(12)4(2-10)7(13)8(9)14/h12-14H2,1H3. The van der Waals surface area contributed by atoms with E-state index < -0.39 is 0 Å². The first-order chi connectivity index (χ1) is 7.08. The van der Waals surface area contributed by atoms with Gasteiger partial charge in [-0.05, 0) is 6.26 Å². The average molecular weight is 219 g/mol. The molecule has 0 saturated heterocycles. The van der Waals surface area contributed by atoms with Gasteiger partial charge in [0.15, 0.2) is 0 Å². The van der Waals surface area contributed by atoms with E-state index in [0.717, 1.165) is 0 Å².